The summed E-state index contributed by atoms with van der Waals surface area (Å²) in [5.74, 6) is -0.0519. The van der Waals surface area contributed by atoms with Crippen molar-refractivity contribution < 1.29 is 22.7 Å². The van der Waals surface area contributed by atoms with Gasteiger partial charge in [0.1, 0.15) is 22.3 Å². The second kappa shape index (κ2) is 8.80. The number of esters is 1. The Bertz CT molecular complexity index is 1180. The molecule has 2 aromatic carbocycles. The van der Waals surface area contributed by atoms with E-state index in [4.69, 9.17) is 26.2 Å². The lowest BCUT2D eigenvalue weighted by atomic mass is 10.2. The summed E-state index contributed by atoms with van der Waals surface area (Å²) in [6.07, 6.45) is 0. The second-order valence-corrected chi connectivity index (χ2v) is 9.47. The number of carbonyl (C=O) groups excluding carboxylic acids is 1. The van der Waals surface area contributed by atoms with E-state index < -0.39 is 16.0 Å². The van der Waals surface area contributed by atoms with Crippen LogP contribution in [0.25, 0.3) is 10.6 Å². The van der Waals surface area contributed by atoms with E-state index in [0.717, 1.165) is 16.1 Å². The van der Waals surface area contributed by atoms with Crippen LogP contribution in [0.3, 0.4) is 0 Å². The molecule has 0 radical (unpaired) electrons. The summed E-state index contributed by atoms with van der Waals surface area (Å²) >= 11 is 10.6. The first-order chi connectivity index (χ1) is 13.7. The quantitative estimate of drug-likeness (QED) is 0.490. The molecule has 0 saturated carbocycles. The molecule has 29 heavy (non-hydrogen) atoms. The molecule has 0 amide bonds. The van der Waals surface area contributed by atoms with Gasteiger partial charge in [-0.2, -0.15) is 0 Å². The maximum Gasteiger partial charge on any atom is 0.338 e. The fourth-order valence-electron chi connectivity index (χ4n) is 2.42. The van der Waals surface area contributed by atoms with Crippen molar-refractivity contribution in [2.75, 3.05) is 7.11 Å². The van der Waals surface area contributed by atoms with Crippen LogP contribution in [-0.4, -0.2) is 26.5 Å². The SMILES string of the molecule is COc1ccc(Br)cc1-c1nc(COC(=O)c2ccc(Cl)c(S(N)(=O)=O)c2)cs1. The van der Waals surface area contributed by atoms with Gasteiger partial charge in [-0.1, -0.05) is 27.5 Å². The number of primary sulfonamides is 1. The Hall–Kier alpha value is -1.98. The third-order valence-corrected chi connectivity index (χ3v) is 6.58. The molecule has 0 spiro atoms. The summed E-state index contributed by atoms with van der Waals surface area (Å²) in [7, 11) is -2.49. The third-order valence-electron chi connectivity index (χ3n) is 3.77. The molecule has 1 heterocycles. The van der Waals surface area contributed by atoms with E-state index in [1.807, 2.05) is 18.2 Å². The maximum atomic E-state index is 12.3. The van der Waals surface area contributed by atoms with E-state index in [1.54, 1.807) is 12.5 Å². The molecule has 0 bridgehead atoms. The molecule has 0 fully saturated rings. The summed E-state index contributed by atoms with van der Waals surface area (Å²) in [6, 6.07) is 9.29. The number of benzene rings is 2. The summed E-state index contributed by atoms with van der Waals surface area (Å²) in [5.41, 5.74) is 1.36. The number of carbonyl (C=O) groups is 1. The van der Waals surface area contributed by atoms with Crippen molar-refractivity contribution in [3.63, 3.8) is 0 Å². The summed E-state index contributed by atoms with van der Waals surface area (Å²) in [5, 5.41) is 7.49. The number of hydrogen-bond donors (Lipinski definition) is 1. The fraction of sp³-hybridized carbons (Fsp3) is 0.111. The zero-order valence-corrected chi connectivity index (χ0v) is 18.9. The van der Waals surface area contributed by atoms with E-state index in [9.17, 15) is 13.2 Å². The number of ether oxygens (including phenoxy) is 2. The van der Waals surface area contributed by atoms with Crippen LogP contribution in [0.15, 0.2) is 51.1 Å². The van der Waals surface area contributed by atoms with E-state index in [0.29, 0.717) is 16.5 Å². The van der Waals surface area contributed by atoms with Crippen LogP contribution in [-0.2, 0) is 21.4 Å². The Balaban J connectivity index is 1.75. The van der Waals surface area contributed by atoms with Crippen LogP contribution in [0, 0.1) is 0 Å². The molecular weight excluding hydrogens is 504 g/mol. The minimum Gasteiger partial charge on any atom is -0.496 e. The number of hydrogen-bond acceptors (Lipinski definition) is 7. The maximum absolute atomic E-state index is 12.3. The zero-order chi connectivity index (χ0) is 21.2. The van der Waals surface area contributed by atoms with Crippen molar-refractivity contribution in [2.24, 2.45) is 5.14 Å². The predicted octanol–water partition coefficient (Wildman–Crippen LogP) is 4.24. The topological polar surface area (TPSA) is 109 Å². The molecule has 0 aliphatic rings. The monoisotopic (exact) mass is 516 g/mol. The van der Waals surface area contributed by atoms with Crippen molar-refractivity contribution in [3.8, 4) is 16.3 Å². The molecule has 0 atom stereocenters. The van der Waals surface area contributed by atoms with Gasteiger partial charge >= 0.3 is 5.97 Å². The van der Waals surface area contributed by atoms with Gasteiger partial charge in [-0.05, 0) is 36.4 Å². The number of halogens is 2. The second-order valence-electron chi connectivity index (χ2n) is 5.75. The molecule has 7 nitrogen and oxygen atoms in total. The van der Waals surface area contributed by atoms with Crippen molar-refractivity contribution in [1.29, 1.82) is 0 Å². The lowest BCUT2D eigenvalue weighted by Crippen LogP contribution is -2.14. The van der Waals surface area contributed by atoms with E-state index in [-0.39, 0.29) is 22.1 Å². The Morgan fingerprint density at radius 3 is 2.72 bits per heavy atom. The van der Waals surface area contributed by atoms with Crippen molar-refractivity contribution in [2.45, 2.75) is 11.5 Å². The lowest BCUT2D eigenvalue weighted by molar-refractivity contribution is 0.0468. The Kier molecular flexibility index (Phi) is 6.59. The average Bonchev–Trinajstić information content (AvgIpc) is 3.14. The summed E-state index contributed by atoms with van der Waals surface area (Å²) in [4.78, 5) is 16.4. The molecule has 0 unspecified atom stereocenters. The Morgan fingerprint density at radius 1 is 1.28 bits per heavy atom. The number of thiazole rings is 1. The number of nitrogens with two attached hydrogens (primary N) is 1. The largest absolute Gasteiger partial charge is 0.496 e. The molecular formula is C18H14BrClN2O5S2. The Morgan fingerprint density at radius 2 is 2.03 bits per heavy atom. The third kappa shape index (κ3) is 5.14. The summed E-state index contributed by atoms with van der Waals surface area (Å²) < 4.78 is 34.6. The Labute approximate surface area is 184 Å². The lowest BCUT2D eigenvalue weighted by Gasteiger charge is -2.07. The van der Waals surface area contributed by atoms with Gasteiger partial charge in [-0.15, -0.1) is 11.3 Å². The standard InChI is InChI=1S/C18H14BrClN2O5S2/c1-26-15-5-3-11(19)7-13(15)17-22-12(9-28-17)8-27-18(23)10-2-4-14(20)16(6-10)29(21,24)25/h2-7,9H,8H2,1H3,(H2,21,24,25). The summed E-state index contributed by atoms with van der Waals surface area (Å²) in [6.45, 7) is -0.0843. The first kappa shape index (κ1) is 21.7. The normalized spacial score (nSPS) is 11.3. The zero-order valence-electron chi connectivity index (χ0n) is 14.9. The van der Waals surface area contributed by atoms with E-state index >= 15 is 0 Å². The van der Waals surface area contributed by atoms with Crippen LogP contribution in [0.5, 0.6) is 5.75 Å². The van der Waals surface area contributed by atoms with Crippen molar-refractivity contribution >= 4 is 54.9 Å². The molecule has 0 aliphatic carbocycles. The van der Waals surface area contributed by atoms with Crippen LogP contribution in [0.1, 0.15) is 16.1 Å². The number of sulfonamides is 1. The van der Waals surface area contributed by atoms with Crippen LogP contribution in [0.4, 0.5) is 0 Å². The first-order valence-corrected chi connectivity index (χ1v) is 11.6. The smallest absolute Gasteiger partial charge is 0.338 e. The molecule has 152 valence electrons. The highest BCUT2D eigenvalue weighted by Crippen LogP contribution is 2.34. The van der Waals surface area contributed by atoms with Crippen molar-refractivity contribution in [3.05, 3.63) is 62.5 Å². The van der Waals surface area contributed by atoms with Crippen LogP contribution in [0.2, 0.25) is 5.02 Å². The fourth-order valence-corrected chi connectivity index (χ4v) is 4.67. The molecule has 3 aromatic rings. The van der Waals surface area contributed by atoms with E-state index in [1.165, 1.54) is 23.5 Å². The highest BCUT2D eigenvalue weighted by Gasteiger charge is 2.18. The number of nitrogens with zero attached hydrogens (tertiary/aromatic N) is 1. The molecule has 1 aromatic heterocycles. The van der Waals surface area contributed by atoms with Gasteiger partial charge in [-0.25, -0.2) is 23.3 Å². The molecule has 11 heteroatoms. The van der Waals surface area contributed by atoms with E-state index in [2.05, 4.69) is 20.9 Å². The van der Waals surface area contributed by atoms with Crippen LogP contribution < -0.4 is 9.88 Å². The minimum atomic E-state index is -4.06. The number of aromatic nitrogens is 1. The van der Waals surface area contributed by atoms with Gasteiger partial charge in [0.05, 0.1) is 29.0 Å². The van der Waals surface area contributed by atoms with Gasteiger partial charge in [0.25, 0.3) is 0 Å². The first-order valence-electron chi connectivity index (χ1n) is 7.97. The molecule has 3 rings (SSSR count). The molecule has 2 N–H and O–H groups in total. The predicted molar refractivity (Wildman–Crippen MR) is 114 cm³/mol. The van der Waals surface area contributed by atoms with Gasteiger partial charge in [0.15, 0.2) is 0 Å². The number of methoxy groups -OCH3 is 1. The van der Waals surface area contributed by atoms with Gasteiger partial charge in [0, 0.05) is 9.85 Å². The van der Waals surface area contributed by atoms with Crippen molar-refractivity contribution in [1.82, 2.24) is 4.98 Å². The van der Waals surface area contributed by atoms with Gasteiger partial charge in [0.2, 0.25) is 10.0 Å². The highest BCUT2D eigenvalue weighted by molar-refractivity contribution is 9.10. The molecule has 0 saturated heterocycles. The number of rotatable bonds is 6. The van der Waals surface area contributed by atoms with Gasteiger partial charge < -0.3 is 9.47 Å². The molecule has 0 aliphatic heterocycles. The van der Waals surface area contributed by atoms with Crippen LogP contribution >= 0.6 is 38.9 Å². The minimum absolute atomic E-state index is 0.0162. The average molecular weight is 518 g/mol. The van der Waals surface area contributed by atoms with Gasteiger partial charge in [-0.3, -0.25) is 0 Å². The highest BCUT2D eigenvalue weighted by atomic mass is 79.9.